The van der Waals surface area contributed by atoms with Crippen LogP contribution in [0.1, 0.15) is 31.4 Å². The van der Waals surface area contributed by atoms with Gasteiger partial charge in [0.05, 0.1) is 0 Å². The summed E-state index contributed by atoms with van der Waals surface area (Å²) < 4.78 is 0. The van der Waals surface area contributed by atoms with Crippen molar-refractivity contribution in [3.05, 3.63) is 108 Å². The van der Waals surface area contributed by atoms with Crippen molar-refractivity contribution in [3.63, 3.8) is 0 Å². The van der Waals surface area contributed by atoms with E-state index in [-0.39, 0.29) is 46.5 Å². The molecule has 28 heavy (non-hydrogen) atoms. The van der Waals surface area contributed by atoms with Crippen LogP contribution in [0.25, 0.3) is 22.1 Å². The van der Waals surface area contributed by atoms with Crippen molar-refractivity contribution < 1.29 is 46.5 Å². The molecule has 0 bridgehead atoms. The summed E-state index contributed by atoms with van der Waals surface area (Å²) in [6.45, 7) is 8.69. The summed E-state index contributed by atoms with van der Waals surface area (Å²) in [7, 11) is 0. The second kappa shape index (κ2) is 12.0. The predicted molar refractivity (Wildman–Crippen MR) is 110 cm³/mol. The maximum Gasteiger partial charge on any atom is 2.00 e. The van der Waals surface area contributed by atoms with E-state index in [9.17, 15) is 0 Å². The first-order valence-electron chi connectivity index (χ1n) is 8.55. The first-order valence-corrected chi connectivity index (χ1v) is 8.55. The van der Waals surface area contributed by atoms with Gasteiger partial charge in [-0.1, -0.05) is 82.8 Å². The Hall–Kier alpha value is -1.64. The third kappa shape index (κ3) is 5.93. The van der Waals surface area contributed by atoms with E-state index in [1.165, 1.54) is 33.1 Å². The summed E-state index contributed by atoms with van der Waals surface area (Å²) in [5.74, 6) is 0. The van der Waals surface area contributed by atoms with Gasteiger partial charge in [0.15, 0.2) is 0 Å². The van der Waals surface area contributed by atoms with Crippen LogP contribution in [-0.4, -0.2) is 0 Å². The van der Waals surface area contributed by atoms with Crippen LogP contribution in [0.4, 0.5) is 5.69 Å². The first-order chi connectivity index (χ1) is 12.1. The van der Waals surface area contributed by atoms with E-state index in [4.69, 9.17) is 5.73 Å². The topological polar surface area (TPSA) is 23.8 Å². The molecule has 1 aliphatic carbocycles. The van der Waals surface area contributed by atoms with Crippen LogP contribution in [0, 0.1) is 6.92 Å². The van der Waals surface area contributed by atoms with E-state index in [1.807, 2.05) is 18.2 Å². The van der Waals surface area contributed by atoms with E-state index >= 15 is 0 Å². The Kier molecular flexibility index (Phi) is 11.3. The molecule has 0 aliphatic heterocycles. The smallest absolute Gasteiger partial charge is 1.00 e. The second-order valence-electron chi connectivity index (χ2n) is 6.37. The molecule has 1 aliphatic rings. The number of hydrogen-bond donors (Lipinski definition) is 0. The van der Waals surface area contributed by atoms with Crippen LogP contribution in [0.5, 0.6) is 0 Å². The monoisotopic (exact) mass is 443 g/mol. The fourth-order valence-electron chi connectivity index (χ4n) is 3.17. The van der Waals surface area contributed by atoms with Gasteiger partial charge in [0.25, 0.3) is 0 Å². The molecule has 0 saturated heterocycles. The molecule has 0 unspecified atom stereocenters. The Morgan fingerprint density at radius 1 is 0.821 bits per heavy atom. The van der Waals surface area contributed by atoms with Crippen molar-refractivity contribution in [1.29, 1.82) is 0 Å². The van der Waals surface area contributed by atoms with Crippen LogP contribution in [0.2, 0.25) is 0 Å². The maximum atomic E-state index is 7.00. The molecule has 0 saturated carbocycles. The molecule has 4 heteroatoms. The molecule has 0 fully saturated rings. The number of fused-ring (bicyclic) bond motifs is 1. The largest absolute Gasteiger partial charge is 2.00 e. The zero-order valence-electron chi connectivity index (χ0n) is 16.1. The van der Waals surface area contributed by atoms with Gasteiger partial charge in [-0.15, -0.1) is 28.8 Å². The van der Waals surface area contributed by atoms with E-state index in [0.717, 1.165) is 12.0 Å². The molecule has 0 amide bonds. The molecular formula is C24H23Cl2NTi-2. The van der Waals surface area contributed by atoms with Gasteiger partial charge in [0.1, 0.15) is 0 Å². The van der Waals surface area contributed by atoms with Gasteiger partial charge in [-0.2, -0.15) is 12.5 Å². The Morgan fingerprint density at radius 2 is 1.43 bits per heavy atom. The summed E-state index contributed by atoms with van der Waals surface area (Å²) in [4.78, 5) is 0. The molecule has 0 radical (unpaired) electrons. The summed E-state index contributed by atoms with van der Waals surface area (Å²) in [5.41, 5.74) is 14.3. The molecule has 144 valence electrons. The Labute approximate surface area is 195 Å². The van der Waals surface area contributed by atoms with Crippen molar-refractivity contribution in [3.8, 4) is 0 Å². The third-order valence-corrected chi connectivity index (χ3v) is 4.80. The number of nitrogens with one attached hydrogen (secondary N) is 1. The molecule has 0 spiro atoms. The number of halogens is 2. The van der Waals surface area contributed by atoms with Crippen LogP contribution < -0.4 is 24.8 Å². The van der Waals surface area contributed by atoms with Gasteiger partial charge in [-0.05, 0) is 20.3 Å². The Morgan fingerprint density at radius 3 is 1.96 bits per heavy atom. The zero-order valence-corrected chi connectivity index (χ0v) is 19.2. The molecular weight excluding hydrogens is 421 g/mol. The zero-order chi connectivity index (χ0) is 17.8. The molecule has 4 rings (SSSR count). The van der Waals surface area contributed by atoms with E-state index in [0.29, 0.717) is 5.69 Å². The number of allylic oxidation sites excluding steroid dienone is 4. The maximum absolute atomic E-state index is 7.00. The molecule has 0 aromatic heterocycles. The van der Waals surface area contributed by atoms with Crippen molar-refractivity contribution in [2.24, 2.45) is 0 Å². The van der Waals surface area contributed by atoms with Crippen LogP contribution in [0.15, 0.2) is 84.0 Å². The van der Waals surface area contributed by atoms with Crippen LogP contribution in [0.3, 0.4) is 0 Å². The molecule has 3 aromatic rings. The summed E-state index contributed by atoms with van der Waals surface area (Å²) >= 11 is 0. The average Bonchev–Trinajstić information content (AvgIpc) is 2.96. The minimum atomic E-state index is 0. The fraction of sp³-hybridized carbons (Fsp3) is 0.125. The quantitative estimate of drug-likeness (QED) is 0.402. The van der Waals surface area contributed by atoms with Gasteiger partial charge in [-0.3, -0.25) is 0 Å². The van der Waals surface area contributed by atoms with Gasteiger partial charge < -0.3 is 30.5 Å². The van der Waals surface area contributed by atoms with Crippen molar-refractivity contribution in [2.45, 2.75) is 20.3 Å². The summed E-state index contributed by atoms with van der Waals surface area (Å²) in [6, 6.07) is 22.0. The molecule has 0 heterocycles. The third-order valence-electron chi connectivity index (χ3n) is 4.80. The van der Waals surface area contributed by atoms with E-state index in [2.05, 4.69) is 63.2 Å². The predicted octanol–water partition coefficient (Wildman–Crippen LogP) is 1.52. The molecule has 1 nitrogen and oxygen atoms in total. The SMILES string of the molecule is [CH2-]c1c(C2=C(C)C(C)=CC2)ccc2ccccc12.[Cl-].[Cl-].[NH-]c1ccccc1.[Ti+2]. The van der Waals surface area contributed by atoms with Gasteiger partial charge in [-0.25, -0.2) is 0 Å². The van der Waals surface area contributed by atoms with E-state index in [1.54, 1.807) is 12.1 Å². The van der Waals surface area contributed by atoms with E-state index < -0.39 is 0 Å². The Bertz CT molecular complexity index is 963. The number of hydrogen-bond acceptors (Lipinski definition) is 0. The number of rotatable bonds is 1. The standard InChI is InChI=1S/C18H17.C6H6N.2ClH.Ti/c1-12-8-10-17(13(12)2)18-11-9-15-6-4-5-7-16(15)14(18)3;7-6-4-2-1-3-5-6;;;/h4-9,11H,3,10H2,1-2H3;1-5,7H;2*1H;/q2*-1;;;+2/p-2. The number of benzene rings is 3. The van der Waals surface area contributed by atoms with Gasteiger partial charge in [0.2, 0.25) is 0 Å². The van der Waals surface area contributed by atoms with Crippen LogP contribution in [-0.2, 0) is 21.7 Å². The van der Waals surface area contributed by atoms with Gasteiger partial charge >= 0.3 is 21.7 Å². The average molecular weight is 444 g/mol. The normalized spacial score (nSPS) is 12.0. The molecule has 0 atom stereocenters. The summed E-state index contributed by atoms with van der Waals surface area (Å²) in [6.07, 6.45) is 3.35. The fourth-order valence-corrected chi connectivity index (χ4v) is 3.17. The molecule has 1 N–H and O–H groups in total. The minimum Gasteiger partial charge on any atom is -1.00 e. The van der Waals surface area contributed by atoms with Gasteiger partial charge in [0, 0.05) is 0 Å². The second-order valence-corrected chi connectivity index (χ2v) is 6.37. The van der Waals surface area contributed by atoms with Crippen LogP contribution >= 0.6 is 0 Å². The summed E-state index contributed by atoms with van der Waals surface area (Å²) in [5, 5.41) is 2.53. The van der Waals surface area contributed by atoms with Crippen molar-refractivity contribution in [1.82, 2.24) is 0 Å². The van der Waals surface area contributed by atoms with Crippen molar-refractivity contribution >= 4 is 22.0 Å². The molecule has 3 aromatic carbocycles. The van der Waals surface area contributed by atoms with Crippen molar-refractivity contribution in [2.75, 3.05) is 0 Å². The minimum absolute atomic E-state index is 0. The first kappa shape index (κ1) is 26.4. The Balaban J connectivity index is 0.000000630.